The Morgan fingerprint density at radius 2 is 2.11 bits per heavy atom. The molecule has 0 aliphatic rings. The molecule has 0 bridgehead atoms. The smallest absolute Gasteiger partial charge is 0.246 e. The Bertz CT molecular complexity index is 413. The summed E-state index contributed by atoms with van der Waals surface area (Å²) in [5, 5.41) is 3.54. The molecule has 4 heteroatoms. The molecule has 0 fully saturated rings. The highest BCUT2D eigenvalue weighted by molar-refractivity contribution is 6.30. The molecule has 1 aromatic rings. The summed E-state index contributed by atoms with van der Waals surface area (Å²) in [5.74, 6) is -0.127. The molecule has 3 nitrogen and oxygen atoms in total. The third kappa shape index (κ3) is 5.52. The van der Waals surface area contributed by atoms with Crippen molar-refractivity contribution in [3.05, 3.63) is 34.9 Å². The van der Waals surface area contributed by atoms with Crippen LogP contribution in [-0.4, -0.2) is 18.1 Å². The van der Waals surface area contributed by atoms with Crippen molar-refractivity contribution in [3.8, 4) is 0 Å². The molecule has 0 heterocycles. The monoisotopic (exact) mass is 269 g/mol. The van der Waals surface area contributed by atoms with Gasteiger partial charge in [-0.2, -0.15) is 0 Å². The van der Waals surface area contributed by atoms with E-state index in [1.165, 1.54) is 0 Å². The Hall–Kier alpha value is -1.06. The van der Waals surface area contributed by atoms with Crippen molar-refractivity contribution >= 4 is 17.5 Å². The summed E-state index contributed by atoms with van der Waals surface area (Å²) in [5.41, 5.74) is 0.669. The Balaban J connectivity index is 2.50. The van der Waals surface area contributed by atoms with Crippen molar-refractivity contribution < 1.29 is 9.53 Å². The van der Waals surface area contributed by atoms with Crippen molar-refractivity contribution in [2.24, 2.45) is 0 Å². The van der Waals surface area contributed by atoms with E-state index in [0.29, 0.717) is 5.02 Å². The highest BCUT2D eigenvalue weighted by Gasteiger charge is 2.15. The number of rotatable bonds is 4. The van der Waals surface area contributed by atoms with Crippen molar-refractivity contribution in [1.82, 2.24) is 5.32 Å². The van der Waals surface area contributed by atoms with E-state index in [1.807, 2.05) is 52.0 Å². The maximum Gasteiger partial charge on any atom is 0.246 e. The first kappa shape index (κ1) is 15.0. The summed E-state index contributed by atoms with van der Waals surface area (Å²) < 4.78 is 5.41. The standard InChI is InChI=1S/C14H20ClNO2/c1-10(11-6-5-7-12(15)8-11)16-13(17)9-18-14(2,3)4/h5-8,10H,9H2,1-4H3,(H,16,17)/t10-/m1/s1. The van der Waals surface area contributed by atoms with Gasteiger partial charge in [0.05, 0.1) is 11.6 Å². The van der Waals surface area contributed by atoms with Crippen LogP contribution in [0.3, 0.4) is 0 Å². The first-order valence-corrected chi connectivity index (χ1v) is 6.34. The molecule has 0 aromatic heterocycles. The minimum atomic E-state index is -0.309. The van der Waals surface area contributed by atoms with Crippen molar-refractivity contribution in [1.29, 1.82) is 0 Å². The van der Waals surface area contributed by atoms with Gasteiger partial charge in [0.15, 0.2) is 0 Å². The van der Waals surface area contributed by atoms with Gasteiger partial charge in [-0.25, -0.2) is 0 Å². The lowest BCUT2D eigenvalue weighted by molar-refractivity contribution is -0.131. The molecule has 1 aromatic carbocycles. The molecule has 0 unspecified atom stereocenters. The number of halogens is 1. The molecule has 100 valence electrons. The highest BCUT2D eigenvalue weighted by Crippen LogP contribution is 2.17. The average Bonchev–Trinajstić information content (AvgIpc) is 2.25. The van der Waals surface area contributed by atoms with Gasteiger partial charge in [0, 0.05) is 5.02 Å². The summed E-state index contributed by atoms with van der Waals surface area (Å²) in [6.07, 6.45) is 0. The number of hydrogen-bond donors (Lipinski definition) is 1. The zero-order chi connectivity index (χ0) is 13.8. The molecule has 0 saturated carbocycles. The molecule has 1 rings (SSSR count). The predicted molar refractivity (Wildman–Crippen MR) is 73.7 cm³/mol. The SMILES string of the molecule is C[C@@H](NC(=O)COC(C)(C)C)c1cccc(Cl)c1. The minimum absolute atomic E-state index is 0.0639. The molecular weight excluding hydrogens is 250 g/mol. The molecule has 0 spiro atoms. The van der Waals surface area contributed by atoms with Crippen molar-refractivity contribution in [2.75, 3.05) is 6.61 Å². The lowest BCUT2D eigenvalue weighted by Gasteiger charge is -2.20. The van der Waals surface area contributed by atoms with Crippen LogP contribution < -0.4 is 5.32 Å². The number of benzene rings is 1. The third-order valence-electron chi connectivity index (χ3n) is 2.36. The van der Waals surface area contributed by atoms with Crippen LogP contribution in [0.15, 0.2) is 24.3 Å². The molecule has 1 atom stereocenters. The van der Waals surface area contributed by atoms with Gasteiger partial charge in [0.25, 0.3) is 0 Å². The number of amides is 1. The first-order valence-electron chi connectivity index (χ1n) is 5.97. The third-order valence-corrected chi connectivity index (χ3v) is 2.60. The zero-order valence-electron chi connectivity index (χ0n) is 11.3. The van der Waals surface area contributed by atoms with Gasteiger partial charge in [-0.1, -0.05) is 23.7 Å². The number of hydrogen-bond acceptors (Lipinski definition) is 2. The van der Waals surface area contributed by atoms with Crippen LogP contribution in [-0.2, 0) is 9.53 Å². The minimum Gasteiger partial charge on any atom is -0.366 e. The summed E-state index contributed by atoms with van der Waals surface area (Å²) in [7, 11) is 0. The summed E-state index contributed by atoms with van der Waals surface area (Å²) in [6, 6.07) is 7.37. The molecule has 0 aliphatic heterocycles. The molecule has 0 saturated heterocycles. The Labute approximate surface area is 113 Å². The average molecular weight is 270 g/mol. The van der Waals surface area contributed by atoms with Crippen LogP contribution >= 0.6 is 11.6 Å². The maximum absolute atomic E-state index is 11.7. The number of carbonyl (C=O) groups excluding carboxylic acids is 1. The fourth-order valence-corrected chi connectivity index (χ4v) is 1.62. The van der Waals surface area contributed by atoms with E-state index in [4.69, 9.17) is 16.3 Å². The molecule has 0 aliphatic carbocycles. The topological polar surface area (TPSA) is 38.3 Å². The Morgan fingerprint density at radius 3 is 2.67 bits per heavy atom. The van der Waals surface area contributed by atoms with Gasteiger partial charge < -0.3 is 10.1 Å². The second-order valence-corrected chi connectivity index (χ2v) is 5.68. The largest absolute Gasteiger partial charge is 0.366 e. The van der Waals surface area contributed by atoms with Crippen LogP contribution in [0.4, 0.5) is 0 Å². The van der Waals surface area contributed by atoms with Gasteiger partial charge in [-0.15, -0.1) is 0 Å². The van der Waals surface area contributed by atoms with Gasteiger partial charge in [0.1, 0.15) is 6.61 Å². The fourth-order valence-electron chi connectivity index (χ4n) is 1.42. The Morgan fingerprint density at radius 1 is 1.44 bits per heavy atom. The Kier molecular flexibility index (Phi) is 5.17. The van der Waals surface area contributed by atoms with E-state index < -0.39 is 0 Å². The lowest BCUT2D eigenvalue weighted by atomic mass is 10.1. The van der Waals surface area contributed by atoms with E-state index in [1.54, 1.807) is 0 Å². The molecular formula is C14H20ClNO2. The van der Waals surface area contributed by atoms with Crippen LogP contribution in [0.5, 0.6) is 0 Å². The van der Waals surface area contributed by atoms with E-state index in [-0.39, 0.29) is 24.2 Å². The maximum atomic E-state index is 11.7. The van der Waals surface area contributed by atoms with E-state index >= 15 is 0 Å². The normalized spacial score (nSPS) is 13.2. The van der Waals surface area contributed by atoms with Crippen LogP contribution in [0.2, 0.25) is 5.02 Å². The summed E-state index contributed by atoms with van der Waals surface area (Å²) >= 11 is 5.91. The first-order chi connectivity index (χ1) is 8.28. The zero-order valence-corrected chi connectivity index (χ0v) is 12.0. The number of carbonyl (C=O) groups is 1. The second-order valence-electron chi connectivity index (χ2n) is 5.25. The highest BCUT2D eigenvalue weighted by atomic mass is 35.5. The quantitative estimate of drug-likeness (QED) is 0.910. The van der Waals surface area contributed by atoms with Gasteiger partial charge in [-0.05, 0) is 45.4 Å². The second kappa shape index (κ2) is 6.21. The number of nitrogens with one attached hydrogen (secondary N) is 1. The van der Waals surface area contributed by atoms with Crippen LogP contribution in [0.1, 0.15) is 39.3 Å². The van der Waals surface area contributed by atoms with E-state index in [0.717, 1.165) is 5.56 Å². The van der Waals surface area contributed by atoms with Crippen molar-refractivity contribution in [3.63, 3.8) is 0 Å². The van der Waals surface area contributed by atoms with Crippen LogP contribution in [0.25, 0.3) is 0 Å². The van der Waals surface area contributed by atoms with Gasteiger partial charge in [-0.3, -0.25) is 4.79 Å². The molecule has 1 N–H and O–H groups in total. The van der Waals surface area contributed by atoms with Crippen LogP contribution in [0, 0.1) is 0 Å². The number of ether oxygens (including phenoxy) is 1. The predicted octanol–water partition coefficient (Wildman–Crippen LogP) is 3.33. The van der Waals surface area contributed by atoms with E-state index in [9.17, 15) is 4.79 Å². The summed E-state index contributed by atoms with van der Waals surface area (Å²) in [6.45, 7) is 7.73. The molecule has 0 radical (unpaired) electrons. The van der Waals surface area contributed by atoms with Crippen molar-refractivity contribution in [2.45, 2.75) is 39.3 Å². The van der Waals surface area contributed by atoms with Gasteiger partial charge >= 0.3 is 0 Å². The molecule has 18 heavy (non-hydrogen) atoms. The van der Waals surface area contributed by atoms with Gasteiger partial charge in [0.2, 0.25) is 5.91 Å². The summed E-state index contributed by atoms with van der Waals surface area (Å²) in [4.78, 5) is 11.7. The van der Waals surface area contributed by atoms with E-state index in [2.05, 4.69) is 5.32 Å². The molecule has 1 amide bonds. The lowest BCUT2D eigenvalue weighted by Crippen LogP contribution is -2.33. The fraction of sp³-hybridized carbons (Fsp3) is 0.500.